The Balaban J connectivity index is 1.91. The van der Waals surface area contributed by atoms with Crippen LogP contribution >= 0.6 is 0 Å². The molecule has 2 aromatic rings. The maximum Gasteiger partial charge on any atom is 0.257 e. The monoisotopic (exact) mass is 287 g/mol. The van der Waals surface area contributed by atoms with Crippen molar-refractivity contribution in [3.63, 3.8) is 0 Å². The van der Waals surface area contributed by atoms with Gasteiger partial charge in [0.25, 0.3) is 5.91 Å². The minimum Gasteiger partial charge on any atom is -0.380 e. The number of likely N-dealkylation sites (tertiary alicyclic amines) is 1. The van der Waals surface area contributed by atoms with E-state index >= 15 is 0 Å². The van der Waals surface area contributed by atoms with Crippen LogP contribution < -0.4 is 0 Å². The van der Waals surface area contributed by atoms with E-state index in [1.165, 1.54) is 6.33 Å². The number of imidazole rings is 1. The molecule has 1 N–H and O–H groups in total. The van der Waals surface area contributed by atoms with Crippen LogP contribution in [-0.2, 0) is 4.74 Å². The maximum atomic E-state index is 12.8. The van der Waals surface area contributed by atoms with Gasteiger partial charge in [-0.2, -0.15) is 0 Å². The number of H-pyrrole nitrogens is 1. The highest BCUT2D eigenvalue weighted by Crippen LogP contribution is 2.32. The summed E-state index contributed by atoms with van der Waals surface area (Å²) in [4.78, 5) is 30.0. The summed E-state index contributed by atoms with van der Waals surface area (Å²) < 4.78 is 5.42. The summed E-state index contributed by atoms with van der Waals surface area (Å²) in [6, 6.07) is -0.114. The number of hydrogen-bond donors (Lipinski definition) is 1. The van der Waals surface area contributed by atoms with Crippen LogP contribution in [0.15, 0.2) is 24.9 Å². The van der Waals surface area contributed by atoms with Gasteiger partial charge in [0.1, 0.15) is 12.2 Å². The lowest BCUT2D eigenvalue weighted by Gasteiger charge is -2.23. The molecule has 1 amide bonds. The zero-order chi connectivity index (χ0) is 14.8. The summed E-state index contributed by atoms with van der Waals surface area (Å²) in [5, 5.41) is 0. The van der Waals surface area contributed by atoms with Gasteiger partial charge in [0.05, 0.1) is 23.4 Å². The van der Waals surface area contributed by atoms with E-state index in [-0.39, 0.29) is 18.1 Å². The first-order chi connectivity index (χ1) is 10.2. The number of aromatic amines is 1. The van der Waals surface area contributed by atoms with Gasteiger partial charge in [-0.15, -0.1) is 0 Å². The molecule has 1 fully saturated rings. The van der Waals surface area contributed by atoms with Crippen molar-refractivity contribution in [1.82, 2.24) is 24.8 Å². The first kappa shape index (κ1) is 13.7. The van der Waals surface area contributed by atoms with Crippen LogP contribution in [0.3, 0.4) is 0 Å². The van der Waals surface area contributed by atoms with E-state index in [4.69, 9.17) is 4.74 Å². The number of nitrogens with zero attached hydrogens (tertiary/aromatic N) is 4. The molecule has 0 radical (unpaired) electrons. The third-order valence-corrected chi connectivity index (χ3v) is 3.83. The molecule has 0 unspecified atom stereocenters. The van der Waals surface area contributed by atoms with Crippen molar-refractivity contribution in [2.24, 2.45) is 0 Å². The normalized spacial score (nSPS) is 21.7. The highest BCUT2D eigenvalue weighted by molar-refractivity contribution is 5.95. The van der Waals surface area contributed by atoms with E-state index in [0.717, 1.165) is 12.2 Å². The van der Waals surface area contributed by atoms with Gasteiger partial charge in [0.15, 0.2) is 0 Å². The minimum absolute atomic E-state index is 0.00832. The first-order valence-electron chi connectivity index (χ1n) is 6.80. The highest BCUT2D eigenvalue weighted by Gasteiger charge is 2.38. The second-order valence-corrected chi connectivity index (χ2v) is 5.06. The molecule has 0 bridgehead atoms. The number of carbonyl (C=O) groups is 1. The van der Waals surface area contributed by atoms with Crippen molar-refractivity contribution in [1.29, 1.82) is 0 Å². The molecule has 3 rings (SSSR count). The fraction of sp³-hybridized carbons (Fsp3) is 0.429. The zero-order valence-corrected chi connectivity index (χ0v) is 12.0. The number of amides is 1. The van der Waals surface area contributed by atoms with Crippen LogP contribution in [0.25, 0.3) is 0 Å². The van der Waals surface area contributed by atoms with Crippen molar-refractivity contribution < 1.29 is 9.53 Å². The van der Waals surface area contributed by atoms with Crippen LogP contribution in [0.5, 0.6) is 0 Å². The molecule has 7 nitrogen and oxygen atoms in total. The summed E-state index contributed by atoms with van der Waals surface area (Å²) in [6.07, 6.45) is 7.18. The number of ether oxygens (including phenoxy) is 1. The van der Waals surface area contributed by atoms with Crippen molar-refractivity contribution in [3.8, 4) is 0 Å². The lowest BCUT2D eigenvalue weighted by molar-refractivity contribution is 0.0683. The Morgan fingerprint density at radius 3 is 3.00 bits per heavy atom. The summed E-state index contributed by atoms with van der Waals surface area (Å²) in [5.41, 5.74) is 1.19. The first-order valence-corrected chi connectivity index (χ1v) is 6.80. The summed E-state index contributed by atoms with van der Waals surface area (Å²) in [5.74, 6) is 0.687. The second kappa shape index (κ2) is 5.61. The van der Waals surface area contributed by atoms with Crippen molar-refractivity contribution in [2.75, 3.05) is 13.7 Å². The largest absolute Gasteiger partial charge is 0.380 e. The maximum absolute atomic E-state index is 12.8. The standard InChI is InChI=1S/C14H17N5O2/c1-9-11(6-15-8-18-9)14(20)19-7-10(21-2)5-12(19)13-16-3-4-17-13/h3-4,6,8,10,12H,5,7H2,1-2H3,(H,16,17)/t10-,12+/m1/s1. The van der Waals surface area contributed by atoms with Gasteiger partial charge in [0.2, 0.25) is 0 Å². The molecule has 1 saturated heterocycles. The molecule has 3 heterocycles. The molecular weight excluding hydrogens is 270 g/mol. The summed E-state index contributed by atoms with van der Waals surface area (Å²) in [7, 11) is 1.66. The Bertz CT molecular complexity index is 628. The highest BCUT2D eigenvalue weighted by atomic mass is 16.5. The Morgan fingerprint density at radius 2 is 2.33 bits per heavy atom. The number of carbonyl (C=O) groups excluding carboxylic acids is 1. The summed E-state index contributed by atoms with van der Waals surface area (Å²) in [6.45, 7) is 2.34. The average Bonchev–Trinajstić information content (AvgIpc) is 3.15. The third-order valence-electron chi connectivity index (χ3n) is 3.83. The number of aromatic nitrogens is 4. The molecule has 0 spiro atoms. The molecule has 1 aliphatic heterocycles. The van der Waals surface area contributed by atoms with Gasteiger partial charge in [-0.25, -0.2) is 15.0 Å². The molecule has 2 atom stereocenters. The van der Waals surface area contributed by atoms with Crippen LogP contribution in [0, 0.1) is 6.92 Å². The molecule has 110 valence electrons. The van der Waals surface area contributed by atoms with E-state index in [2.05, 4.69) is 19.9 Å². The molecule has 0 aliphatic carbocycles. The third kappa shape index (κ3) is 2.52. The van der Waals surface area contributed by atoms with E-state index in [0.29, 0.717) is 17.8 Å². The molecule has 0 saturated carbocycles. The fourth-order valence-electron chi connectivity index (χ4n) is 2.67. The van der Waals surface area contributed by atoms with Gasteiger partial charge in [-0.05, 0) is 6.92 Å². The Morgan fingerprint density at radius 1 is 1.48 bits per heavy atom. The lowest BCUT2D eigenvalue weighted by Crippen LogP contribution is -2.33. The molecule has 21 heavy (non-hydrogen) atoms. The van der Waals surface area contributed by atoms with Crippen LogP contribution in [-0.4, -0.2) is 50.5 Å². The van der Waals surface area contributed by atoms with Crippen LogP contribution in [0.1, 0.15) is 34.3 Å². The predicted molar refractivity (Wildman–Crippen MR) is 74.5 cm³/mol. The fourth-order valence-corrected chi connectivity index (χ4v) is 2.67. The Hall–Kier alpha value is -2.28. The van der Waals surface area contributed by atoms with E-state index in [1.807, 2.05) is 0 Å². The topological polar surface area (TPSA) is 84.0 Å². The molecular formula is C14H17N5O2. The number of nitrogens with one attached hydrogen (secondary N) is 1. The second-order valence-electron chi connectivity index (χ2n) is 5.06. The number of rotatable bonds is 3. The summed E-state index contributed by atoms with van der Waals surface area (Å²) >= 11 is 0. The minimum atomic E-state index is -0.114. The van der Waals surface area contributed by atoms with Crippen molar-refractivity contribution in [2.45, 2.75) is 25.5 Å². The van der Waals surface area contributed by atoms with Crippen LogP contribution in [0.4, 0.5) is 0 Å². The van der Waals surface area contributed by atoms with E-state index in [9.17, 15) is 4.79 Å². The number of methoxy groups -OCH3 is 1. The molecule has 2 aromatic heterocycles. The van der Waals surface area contributed by atoms with Gasteiger partial charge in [-0.1, -0.05) is 0 Å². The van der Waals surface area contributed by atoms with Crippen molar-refractivity contribution >= 4 is 5.91 Å². The van der Waals surface area contributed by atoms with Gasteiger partial charge in [0, 0.05) is 38.7 Å². The van der Waals surface area contributed by atoms with E-state index < -0.39 is 0 Å². The Labute approximate surface area is 122 Å². The SMILES string of the molecule is CO[C@@H]1C[C@@H](c2ncc[nH]2)N(C(=O)c2cncnc2C)C1. The molecule has 7 heteroatoms. The van der Waals surface area contributed by atoms with Crippen molar-refractivity contribution in [3.05, 3.63) is 42.0 Å². The lowest BCUT2D eigenvalue weighted by atomic mass is 10.1. The smallest absolute Gasteiger partial charge is 0.257 e. The van der Waals surface area contributed by atoms with E-state index in [1.54, 1.807) is 37.5 Å². The quantitative estimate of drug-likeness (QED) is 0.914. The van der Waals surface area contributed by atoms with Gasteiger partial charge < -0.3 is 14.6 Å². The zero-order valence-electron chi connectivity index (χ0n) is 12.0. The predicted octanol–water partition coefficient (Wildman–Crippen LogP) is 1.11. The van der Waals surface area contributed by atoms with Gasteiger partial charge in [-0.3, -0.25) is 4.79 Å². The van der Waals surface area contributed by atoms with Crippen LogP contribution in [0.2, 0.25) is 0 Å². The number of hydrogen-bond acceptors (Lipinski definition) is 5. The average molecular weight is 287 g/mol. The Kier molecular flexibility index (Phi) is 3.66. The van der Waals surface area contributed by atoms with Gasteiger partial charge >= 0.3 is 0 Å². The molecule has 0 aromatic carbocycles. The number of aryl methyl sites for hydroxylation is 1. The molecule has 1 aliphatic rings.